The largest absolute Gasteiger partial charge is 0.498 e. The maximum Gasteiger partial charge on any atom is 0.498 e. The molecule has 1 aromatic rings. The summed E-state index contributed by atoms with van der Waals surface area (Å²) in [6.45, 7) is 11.4. The zero-order chi connectivity index (χ0) is 21.4. The molecule has 0 saturated carbocycles. The van der Waals surface area contributed by atoms with E-state index in [0.717, 1.165) is 18.4 Å². The third-order valence-electron chi connectivity index (χ3n) is 6.41. The summed E-state index contributed by atoms with van der Waals surface area (Å²) in [6.07, 6.45) is 1.18. The fourth-order valence-corrected chi connectivity index (χ4v) is 4.70. The molecule has 6 nitrogen and oxygen atoms in total. The van der Waals surface area contributed by atoms with Gasteiger partial charge in [0.2, 0.25) is 0 Å². The number of benzene rings is 1. The van der Waals surface area contributed by atoms with E-state index in [2.05, 4.69) is 24.3 Å². The van der Waals surface area contributed by atoms with Gasteiger partial charge in [-0.3, -0.25) is 4.15 Å². The van der Waals surface area contributed by atoms with Crippen molar-refractivity contribution in [1.29, 1.82) is 0 Å². The lowest BCUT2D eigenvalue weighted by molar-refractivity contribution is -0.781. The summed E-state index contributed by atoms with van der Waals surface area (Å²) in [4.78, 5) is 27.1. The van der Waals surface area contributed by atoms with Gasteiger partial charge >= 0.3 is 22.6 Å². The first-order chi connectivity index (χ1) is 13.5. The van der Waals surface area contributed by atoms with Gasteiger partial charge in [-0.25, -0.2) is 4.79 Å². The molecule has 0 aliphatic carbocycles. The zero-order valence-electron chi connectivity index (χ0n) is 18.1. The predicted octanol–water partition coefficient (Wildman–Crippen LogP) is 4.03. The Morgan fingerprint density at radius 3 is 2.45 bits per heavy atom. The van der Waals surface area contributed by atoms with E-state index in [1.165, 1.54) is 0 Å². The second-order valence-corrected chi connectivity index (χ2v) is 10.4. The number of hydrogen-bond acceptors (Lipinski definition) is 4. The standard InChI is InChI=1S/C22H32N2O4Si/c1-16-13-22(11-12-24(16,29)20(26)28-21(3,4)5)15-23(17(22)2)19(25)27-14-18-9-7-6-8-10-18/h6-10,16-17H,11-15H2,1-5H3/q+1/t16-,17?,22?,24?/m0/s1. The van der Waals surface area contributed by atoms with E-state index < -0.39 is 5.60 Å². The normalized spacial score (nSPS) is 31.9. The molecule has 2 amide bonds. The number of carbonyl (C=O) groups is 2. The summed E-state index contributed by atoms with van der Waals surface area (Å²) >= 11 is 0. The topological polar surface area (TPSA) is 55.8 Å². The first kappa shape index (κ1) is 21.8. The van der Waals surface area contributed by atoms with Gasteiger partial charge in [0, 0.05) is 30.8 Å². The van der Waals surface area contributed by atoms with Crippen molar-refractivity contribution in [2.24, 2.45) is 5.41 Å². The number of nitrogens with zero attached hydrogens (tertiary/aromatic N) is 2. The highest BCUT2D eigenvalue weighted by Crippen LogP contribution is 2.49. The second-order valence-electron chi connectivity index (χ2n) is 9.58. The molecule has 0 N–H and O–H groups in total. The smallest absolute Gasteiger partial charge is 0.445 e. The molecular weight excluding hydrogens is 384 g/mol. The van der Waals surface area contributed by atoms with Gasteiger partial charge < -0.3 is 14.4 Å². The maximum atomic E-state index is 12.8. The Hall–Kier alpha value is -1.86. The number of amides is 2. The lowest BCUT2D eigenvalue weighted by atomic mass is 9.64. The molecule has 2 saturated heterocycles. The molecule has 4 atom stereocenters. The van der Waals surface area contributed by atoms with Crippen molar-refractivity contribution < 1.29 is 23.2 Å². The third-order valence-corrected chi connectivity index (χ3v) is 7.26. The number of hydrogen-bond donors (Lipinski definition) is 0. The number of ether oxygens (including phenoxy) is 2. The highest BCUT2D eigenvalue weighted by molar-refractivity contribution is 6.03. The lowest BCUT2D eigenvalue weighted by Crippen LogP contribution is -2.72. The molecule has 3 rings (SSSR count). The molecule has 2 fully saturated rings. The highest BCUT2D eigenvalue weighted by atomic mass is 28.2. The highest BCUT2D eigenvalue weighted by Gasteiger charge is 2.60. The molecule has 1 spiro atoms. The van der Waals surface area contributed by atoms with Gasteiger partial charge in [-0.05, 0) is 40.2 Å². The number of likely N-dealkylation sites (tertiary alicyclic amines) is 2. The van der Waals surface area contributed by atoms with Crippen molar-refractivity contribution in [3.05, 3.63) is 35.9 Å². The van der Waals surface area contributed by atoms with Gasteiger partial charge in [0.1, 0.15) is 12.2 Å². The molecule has 2 heterocycles. The maximum absolute atomic E-state index is 12.8. The minimum Gasteiger partial charge on any atom is -0.445 e. The fraction of sp³-hybridized carbons (Fsp3) is 0.636. The summed E-state index contributed by atoms with van der Waals surface area (Å²) in [5, 5.41) is 0. The third kappa shape index (κ3) is 4.35. The van der Waals surface area contributed by atoms with Gasteiger partial charge in [0.25, 0.3) is 0 Å². The Morgan fingerprint density at radius 2 is 1.90 bits per heavy atom. The van der Waals surface area contributed by atoms with E-state index in [1.54, 1.807) is 4.90 Å². The number of quaternary nitrogens is 1. The van der Waals surface area contributed by atoms with Crippen molar-refractivity contribution in [2.75, 3.05) is 13.1 Å². The van der Waals surface area contributed by atoms with Crippen LogP contribution in [0.1, 0.15) is 53.0 Å². The monoisotopic (exact) mass is 416 g/mol. The van der Waals surface area contributed by atoms with Crippen LogP contribution >= 0.6 is 0 Å². The van der Waals surface area contributed by atoms with Gasteiger partial charge in [-0.2, -0.15) is 4.79 Å². The van der Waals surface area contributed by atoms with E-state index in [4.69, 9.17) is 9.47 Å². The minimum absolute atomic E-state index is 0.0294. The zero-order valence-corrected chi connectivity index (χ0v) is 19.1. The minimum atomic E-state index is -0.521. The Morgan fingerprint density at radius 1 is 1.24 bits per heavy atom. The molecular formula is C22H32N2O4Si+. The summed E-state index contributed by atoms with van der Waals surface area (Å²) in [5.41, 5.74) is 0.489. The van der Waals surface area contributed by atoms with Crippen LogP contribution < -0.4 is 0 Å². The SMILES string of the molecule is CC1N(C(=O)OCc2ccccc2)CC12CC[N+]([Si])(C(=O)OC(C)(C)C)[C@@H](C)C2. The molecule has 2 aliphatic heterocycles. The van der Waals surface area contributed by atoms with Crippen LogP contribution in [0, 0.1) is 5.41 Å². The molecule has 0 aromatic heterocycles. The molecule has 3 radical (unpaired) electrons. The lowest BCUT2D eigenvalue weighted by Gasteiger charge is -2.60. The van der Waals surface area contributed by atoms with Gasteiger partial charge in [0.05, 0.1) is 12.6 Å². The van der Waals surface area contributed by atoms with Crippen LogP contribution in [-0.2, 0) is 16.1 Å². The fourth-order valence-electron chi connectivity index (χ4n) is 4.45. The summed E-state index contributed by atoms with van der Waals surface area (Å²) in [6, 6.07) is 9.85. The molecule has 3 unspecified atom stereocenters. The molecule has 2 aliphatic rings. The average Bonchev–Trinajstić information content (AvgIpc) is 2.66. The van der Waals surface area contributed by atoms with Crippen LogP contribution in [-0.4, -0.2) is 62.4 Å². The van der Waals surface area contributed by atoms with Crippen LogP contribution in [0.25, 0.3) is 0 Å². The number of piperidine rings is 1. The van der Waals surface area contributed by atoms with Crippen molar-refractivity contribution in [2.45, 2.75) is 71.8 Å². The van der Waals surface area contributed by atoms with Crippen LogP contribution in [0.15, 0.2) is 30.3 Å². The summed E-state index contributed by atoms with van der Waals surface area (Å²) in [7, 11) is 3.72. The van der Waals surface area contributed by atoms with Crippen molar-refractivity contribution in [3.63, 3.8) is 0 Å². The van der Waals surface area contributed by atoms with Gasteiger partial charge in [-0.15, -0.1) is 0 Å². The second kappa shape index (κ2) is 7.76. The van der Waals surface area contributed by atoms with E-state index in [-0.39, 0.29) is 40.4 Å². The van der Waals surface area contributed by atoms with Crippen molar-refractivity contribution in [3.8, 4) is 0 Å². The van der Waals surface area contributed by atoms with Crippen LogP contribution in [0.5, 0.6) is 0 Å². The molecule has 0 bridgehead atoms. The molecule has 29 heavy (non-hydrogen) atoms. The van der Waals surface area contributed by atoms with Gasteiger partial charge in [0.15, 0.2) is 0 Å². The quantitative estimate of drug-likeness (QED) is 0.683. The Balaban J connectivity index is 1.57. The van der Waals surface area contributed by atoms with E-state index in [9.17, 15) is 9.59 Å². The first-order valence-corrected chi connectivity index (χ1v) is 10.8. The molecule has 157 valence electrons. The molecule has 1 aromatic carbocycles. The Labute approximate surface area is 177 Å². The predicted molar refractivity (Wildman–Crippen MR) is 111 cm³/mol. The Kier molecular flexibility index (Phi) is 5.84. The molecule has 7 heteroatoms. The van der Waals surface area contributed by atoms with Crippen LogP contribution in [0.4, 0.5) is 9.59 Å². The van der Waals surface area contributed by atoms with Crippen molar-refractivity contribution in [1.82, 2.24) is 4.90 Å². The van der Waals surface area contributed by atoms with Crippen LogP contribution in [0.2, 0.25) is 0 Å². The number of rotatable bonds is 2. The Bertz CT molecular complexity index is 766. The van der Waals surface area contributed by atoms with Gasteiger partial charge in [-0.1, -0.05) is 30.3 Å². The van der Waals surface area contributed by atoms with E-state index in [1.807, 2.05) is 51.1 Å². The number of carbonyl (C=O) groups excluding carboxylic acids is 2. The summed E-state index contributed by atoms with van der Waals surface area (Å²) in [5.74, 6) is 0. The van der Waals surface area contributed by atoms with E-state index in [0.29, 0.717) is 13.1 Å². The van der Waals surface area contributed by atoms with E-state index >= 15 is 0 Å². The van der Waals surface area contributed by atoms with Crippen molar-refractivity contribution >= 4 is 22.6 Å². The summed E-state index contributed by atoms with van der Waals surface area (Å²) < 4.78 is 11.2. The average molecular weight is 417 g/mol. The first-order valence-electron chi connectivity index (χ1n) is 10.3. The van der Waals surface area contributed by atoms with Crippen LogP contribution in [0.3, 0.4) is 0 Å².